The number of benzene rings is 1. The maximum absolute atomic E-state index is 9.20. The second-order valence-corrected chi connectivity index (χ2v) is 4.82. The van der Waals surface area contributed by atoms with Gasteiger partial charge in [-0.1, -0.05) is 32.0 Å². The van der Waals surface area contributed by atoms with Crippen LogP contribution in [0, 0.1) is 5.92 Å². The summed E-state index contributed by atoms with van der Waals surface area (Å²) in [5.74, 6) is 1.16. The summed E-state index contributed by atoms with van der Waals surface area (Å²) in [7, 11) is 1.70. The lowest BCUT2D eigenvalue weighted by molar-refractivity contribution is 0.199. The van der Waals surface area contributed by atoms with Crippen LogP contribution in [0.25, 0.3) is 0 Å². The highest BCUT2D eigenvalue weighted by atomic mass is 16.5. The van der Waals surface area contributed by atoms with Crippen molar-refractivity contribution in [1.82, 2.24) is 5.32 Å². The molecule has 0 heterocycles. The van der Waals surface area contributed by atoms with Gasteiger partial charge in [0.05, 0.1) is 7.11 Å². The van der Waals surface area contributed by atoms with Gasteiger partial charge in [0.1, 0.15) is 5.75 Å². The largest absolute Gasteiger partial charge is 0.496 e. The third-order valence-electron chi connectivity index (χ3n) is 3.53. The van der Waals surface area contributed by atoms with Gasteiger partial charge in [0.15, 0.2) is 0 Å². The van der Waals surface area contributed by atoms with Gasteiger partial charge in [0.25, 0.3) is 0 Å². The lowest BCUT2D eigenvalue weighted by Gasteiger charge is -2.27. The van der Waals surface area contributed by atoms with Crippen LogP contribution in [-0.4, -0.2) is 24.9 Å². The molecule has 0 aliphatic rings. The van der Waals surface area contributed by atoms with Crippen LogP contribution in [0.5, 0.6) is 5.75 Å². The Morgan fingerprint density at radius 1 is 1.28 bits per heavy atom. The van der Waals surface area contributed by atoms with Crippen molar-refractivity contribution in [2.45, 2.75) is 39.3 Å². The second kappa shape index (κ2) is 7.39. The maximum atomic E-state index is 9.20. The number of rotatable bonds is 7. The van der Waals surface area contributed by atoms with Crippen LogP contribution < -0.4 is 10.1 Å². The minimum Gasteiger partial charge on any atom is -0.496 e. The van der Waals surface area contributed by atoms with Crippen molar-refractivity contribution in [3.63, 3.8) is 0 Å². The maximum Gasteiger partial charge on any atom is 0.123 e. The Kier molecular flexibility index (Phi) is 6.16. The van der Waals surface area contributed by atoms with Crippen LogP contribution in [0.3, 0.4) is 0 Å². The quantitative estimate of drug-likeness (QED) is 0.783. The highest BCUT2D eigenvalue weighted by Crippen LogP contribution is 2.27. The fourth-order valence-electron chi connectivity index (χ4n) is 2.02. The van der Waals surface area contributed by atoms with Gasteiger partial charge in [-0.25, -0.2) is 0 Å². The summed E-state index contributed by atoms with van der Waals surface area (Å²) in [5.41, 5.74) is 1.18. The summed E-state index contributed by atoms with van der Waals surface area (Å²) >= 11 is 0. The molecule has 1 rings (SSSR count). The van der Waals surface area contributed by atoms with E-state index >= 15 is 0 Å². The zero-order valence-corrected chi connectivity index (χ0v) is 11.8. The van der Waals surface area contributed by atoms with Crippen molar-refractivity contribution in [3.8, 4) is 5.75 Å². The zero-order chi connectivity index (χ0) is 13.5. The van der Waals surface area contributed by atoms with Crippen LogP contribution in [0.15, 0.2) is 24.3 Å². The van der Waals surface area contributed by atoms with Crippen LogP contribution in [0.4, 0.5) is 0 Å². The first-order valence-electron chi connectivity index (χ1n) is 6.63. The Morgan fingerprint density at radius 2 is 1.94 bits per heavy atom. The van der Waals surface area contributed by atoms with E-state index in [0.717, 1.165) is 12.2 Å². The van der Waals surface area contributed by atoms with E-state index in [0.29, 0.717) is 0 Å². The molecule has 0 saturated carbocycles. The van der Waals surface area contributed by atoms with E-state index < -0.39 is 0 Å². The fourth-order valence-corrected chi connectivity index (χ4v) is 2.02. The van der Waals surface area contributed by atoms with E-state index in [4.69, 9.17) is 4.74 Å². The predicted molar refractivity (Wildman–Crippen MR) is 74.9 cm³/mol. The fraction of sp³-hybridized carbons (Fsp3) is 0.600. The molecule has 0 amide bonds. The molecule has 0 aromatic heterocycles. The van der Waals surface area contributed by atoms with Crippen LogP contribution in [0.1, 0.15) is 38.8 Å². The van der Waals surface area contributed by atoms with Gasteiger partial charge < -0.3 is 15.2 Å². The third kappa shape index (κ3) is 3.72. The third-order valence-corrected chi connectivity index (χ3v) is 3.53. The number of methoxy groups -OCH3 is 1. The normalized spacial score (nSPS) is 16.1. The minimum atomic E-state index is 0.205. The van der Waals surface area contributed by atoms with E-state index in [9.17, 15) is 5.11 Å². The van der Waals surface area contributed by atoms with E-state index in [-0.39, 0.29) is 24.6 Å². The lowest BCUT2D eigenvalue weighted by Crippen LogP contribution is -2.36. The number of para-hydroxylation sites is 1. The number of aliphatic hydroxyl groups excluding tert-OH is 1. The average Bonchev–Trinajstić information content (AvgIpc) is 2.43. The van der Waals surface area contributed by atoms with Crippen molar-refractivity contribution in [2.75, 3.05) is 13.7 Å². The minimum absolute atomic E-state index is 0.205. The zero-order valence-electron chi connectivity index (χ0n) is 11.8. The predicted octanol–water partition coefficient (Wildman–Crippen LogP) is 2.75. The van der Waals surface area contributed by atoms with Crippen LogP contribution in [0.2, 0.25) is 0 Å². The first kappa shape index (κ1) is 15.0. The molecule has 0 fully saturated rings. The summed E-state index contributed by atoms with van der Waals surface area (Å²) in [6.07, 6.45) is 0.989. The van der Waals surface area contributed by atoms with Crippen molar-refractivity contribution in [3.05, 3.63) is 29.8 Å². The molecule has 0 saturated heterocycles. The molecular formula is C15H25NO2. The van der Waals surface area contributed by atoms with Crippen molar-refractivity contribution >= 4 is 0 Å². The van der Waals surface area contributed by atoms with Crippen molar-refractivity contribution < 1.29 is 9.84 Å². The number of aliphatic hydroxyl groups is 1. The summed E-state index contributed by atoms with van der Waals surface area (Å²) in [4.78, 5) is 0. The summed E-state index contributed by atoms with van der Waals surface area (Å²) < 4.78 is 5.41. The molecule has 2 N–H and O–H groups in total. The Balaban J connectivity index is 2.82. The summed E-state index contributed by atoms with van der Waals surface area (Å²) in [5, 5.41) is 12.8. The van der Waals surface area contributed by atoms with Gasteiger partial charge in [-0.15, -0.1) is 0 Å². The topological polar surface area (TPSA) is 41.5 Å². The monoisotopic (exact) mass is 251 g/mol. The van der Waals surface area contributed by atoms with Crippen molar-refractivity contribution in [1.29, 1.82) is 0 Å². The van der Waals surface area contributed by atoms with Gasteiger partial charge in [-0.3, -0.25) is 0 Å². The molecule has 0 radical (unpaired) electrons. The molecule has 3 heteroatoms. The molecule has 1 aromatic rings. The smallest absolute Gasteiger partial charge is 0.123 e. The average molecular weight is 251 g/mol. The van der Waals surface area contributed by atoms with E-state index in [2.05, 4.69) is 25.2 Å². The highest BCUT2D eigenvalue weighted by molar-refractivity contribution is 5.35. The van der Waals surface area contributed by atoms with E-state index in [1.54, 1.807) is 7.11 Å². The molecule has 3 atom stereocenters. The molecule has 0 aliphatic heterocycles. The van der Waals surface area contributed by atoms with Gasteiger partial charge in [0.2, 0.25) is 0 Å². The first-order valence-corrected chi connectivity index (χ1v) is 6.63. The first-order chi connectivity index (χ1) is 8.63. The van der Waals surface area contributed by atoms with Crippen LogP contribution in [-0.2, 0) is 0 Å². The Bertz CT molecular complexity index is 354. The number of hydrogen-bond donors (Lipinski definition) is 2. The SMILES string of the molecule is CCC(NC(C)C(C)CO)c1ccccc1OC. The van der Waals surface area contributed by atoms with Gasteiger partial charge in [-0.2, -0.15) is 0 Å². The molecule has 1 aromatic carbocycles. The van der Waals surface area contributed by atoms with Gasteiger partial charge in [-0.05, 0) is 25.3 Å². The molecule has 0 spiro atoms. The van der Waals surface area contributed by atoms with Crippen LogP contribution >= 0.6 is 0 Å². The Labute approximate surface area is 110 Å². The molecule has 3 unspecified atom stereocenters. The summed E-state index contributed by atoms with van der Waals surface area (Å²) in [6, 6.07) is 8.61. The number of nitrogens with one attached hydrogen (secondary N) is 1. The van der Waals surface area contributed by atoms with E-state index in [1.807, 2.05) is 25.1 Å². The number of hydrogen-bond acceptors (Lipinski definition) is 3. The highest BCUT2D eigenvalue weighted by Gasteiger charge is 2.19. The summed E-state index contributed by atoms with van der Waals surface area (Å²) in [6.45, 7) is 6.52. The van der Waals surface area contributed by atoms with Gasteiger partial charge in [0, 0.05) is 24.3 Å². The molecule has 0 aliphatic carbocycles. The lowest BCUT2D eigenvalue weighted by atomic mass is 9.99. The molecule has 3 nitrogen and oxygen atoms in total. The number of ether oxygens (including phenoxy) is 1. The standard InChI is InChI=1S/C15H25NO2/c1-5-14(16-12(3)11(2)10-17)13-8-6-7-9-15(13)18-4/h6-9,11-12,14,16-17H,5,10H2,1-4H3. The van der Waals surface area contributed by atoms with Gasteiger partial charge >= 0.3 is 0 Å². The van der Waals surface area contributed by atoms with Crippen molar-refractivity contribution in [2.24, 2.45) is 5.92 Å². The second-order valence-electron chi connectivity index (χ2n) is 4.82. The Hall–Kier alpha value is -1.06. The molecular weight excluding hydrogens is 226 g/mol. The Morgan fingerprint density at radius 3 is 2.50 bits per heavy atom. The molecule has 0 bridgehead atoms. The molecule has 18 heavy (non-hydrogen) atoms. The van der Waals surface area contributed by atoms with E-state index in [1.165, 1.54) is 5.56 Å². The molecule has 102 valence electrons.